The number of benzene rings is 1. The van der Waals surface area contributed by atoms with E-state index in [1.165, 1.54) is 7.11 Å². The summed E-state index contributed by atoms with van der Waals surface area (Å²) >= 11 is 0. The maximum atomic E-state index is 12.8. The molecule has 6 nitrogen and oxygen atoms in total. The van der Waals surface area contributed by atoms with Crippen LogP contribution in [-0.4, -0.2) is 49.7 Å². The average molecular weight is 321 g/mol. The maximum absolute atomic E-state index is 12.8. The number of carbonyl (C=O) groups excluding carboxylic acids is 2. The van der Waals surface area contributed by atoms with Crippen LogP contribution in [0.2, 0.25) is 0 Å². The molecule has 1 fully saturated rings. The summed E-state index contributed by atoms with van der Waals surface area (Å²) in [6.07, 6.45) is 1.41. The van der Waals surface area contributed by atoms with Crippen LogP contribution in [0.3, 0.4) is 0 Å². The summed E-state index contributed by atoms with van der Waals surface area (Å²) in [4.78, 5) is 26.2. The van der Waals surface area contributed by atoms with E-state index in [1.807, 2.05) is 13.8 Å². The summed E-state index contributed by atoms with van der Waals surface area (Å²) in [6, 6.07) is 4.60. The molecule has 126 valence electrons. The summed E-state index contributed by atoms with van der Waals surface area (Å²) in [5.74, 6) is 0.577. The lowest BCUT2D eigenvalue weighted by Crippen LogP contribution is -2.41. The second kappa shape index (κ2) is 7.85. The number of hydrogen-bond acceptors (Lipinski definition) is 5. The molecular formula is C17H23NO5. The van der Waals surface area contributed by atoms with Gasteiger partial charge in [-0.25, -0.2) is 4.79 Å². The molecule has 0 N–H and O–H groups in total. The number of amides is 1. The Bertz CT molecular complexity index is 548. The lowest BCUT2D eigenvalue weighted by atomic mass is 10.1. The van der Waals surface area contributed by atoms with Crippen LogP contribution in [0.4, 0.5) is 0 Å². The Labute approximate surface area is 136 Å². The Morgan fingerprint density at radius 1 is 1.13 bits per heavy atom. The molecular weight excluding hydrogens is 298 g/mol. The number of rotatable bonds is 6. The van der Waals surface area contributed by atoms with Crippen molar-refractivity contribution in [3.63, 3.8) is 0 Å². The number of methoxy groups -OCH3 is 1. The quantitative estimate of drug-likeness (QED) is 0.752. The van der Waals surface area contributed by atoms with Gasteiger partial charge in [0.05, 0.1) is 20.3 Å². The first kappa shape index (κ1) is 17.1. The maximum Gasteiger partial charge on any atom is 0.328 e. The third kappa shape index (κ3) is 3.94. The van der Waals surface area contributed by atoms with E-state index in [1.54, 1.807) is 23.1 Å². The van der Waals surface area contributed by atoms with Gasteiger partial charge in [0.25, 0.3) is 5.91 Å². The van der Waals surface area contributed by atoms with Crippen molar-refractivity contribution in [1.29, 1.82) is 0 Å². The van der Waals surface area contributed by atoms with Crippen LogP contribution in [0.5, 0.6) is 11.5 Å². The number of ether oxygens (including phenoxy) is 3. The number of esters is 1. The number of likely N-dealkylation sites (tertiary alicyclic amines) is 1. The van der Waals surface area contributed by atoms with Crippen molar-refractivity contribution in [3.8, 4) is 11.5 Å². The summed E-state index contributed by atoms with van der Waals surface area (Å²) in [5.41, 5.74) is 0.454. The molecule has 0 spiro atoms. The van der Waals surface area contributed by atoms with Crippen LogP contribution >= 0.6 is 0 Å². The molecule has 6 heteroatoms. The fourth-order valence-corrected chi connectivity index (χ4v) is 2.75. The van der Waals surface area contributed by atoms with E-state index in [-0.39, 0.29) is 11.9 Å². The van der Waals surface area contributed by atoms with E-state index in [0.29, 0.717) is 43.2 Å². The monoisotopic (exact) mass is 321 g/mol. The van der Waals surface area contributed by atoms with Gasteiger partial charge in [-0.05, 0) is 38.8 Å². The van der Waals surface area contributed by atoms with E-state index in [9.17, 15) is 9.59 Å². The molecule has 2 rings (SSSR count). The molecule has 1 amide bonds. The summed E-state index contributed by atoms with van der Waals surface area (Å²) < 4.78 is 15.8. The SMILES string of the molecule is CCOc1cc(OCC)cc(C(=O)N2CCCC2C(=O)OC)c1. The molecule has 0 saturated carbocycles. The molecule has 1 atom stereocenters. The van der Waals surface area contributed by atoms with E-state index < -0.39 is 6.04 Å². The number of hydrogen-bond donors (Lipinski definition) is 0. The van der Waals surface area contributed by atoms with Gasteiger partial charge in [0, 0.05) is 18.2 Å². The number of nitrogens with zero attached hydrogens (tertiary/aromatic N) is 1. The molecule has 23 heavy (non-hydrogen) atoms. The van der Waals surface area contributed by atoms with Crippen molar-refractivity contribution in [1.82, 2.24) is 4.90 Å². The van der Waals surface area contributed by atoms with Crippen molar-refractivity contribution in [2.75, 3.05) is 26.9 Å². The first-order chi connectivity index (χ1) is 11.1. The number of carbonyl (C=O) groups is 2. The van der Waals surface area contributed by atoms with Gasteiger partial charge >= 0.3 is 5.97 Å². The Morgan fingerprint density at radius 3 is 2.26 bits per heavy atom. The van der Waals surface area contributed by atoms with Gasteiger partial charge in [0.2, 0.25) is 0 Å². The highest BCUT2D eigenvalue weighted by Crippen LogP contribution is 2.27. The molecule has 0 aliphatic carbocycles. The van der Waals surface area contributed by atoms with Gasteiger partial charge in [-0.1, -0.05) is 0 Å². The van der Waals surface area contributed by atoms with Crippen LogP contribution < -0.4 is 9.47 Å². The molecule has 1 unspecified atom stereocenters. The average Bonchev–Trinajstić information content (AvgIpc) is 3.03. The Morgan fingerprint density at radius 2 is 1.74 bits per heavy atom. The molecule has 1 aromatic carbocycles. The Balaban J connectivity index is 2.28. The molecule has 0 aromatic heterocycles. The minimum absolute atomic E-state index is 0.208. The van der Waals surface area contributed by atoms with E-state index in [4.69, 9.17) is 14.2 Å². The summed E-state index contributed by atoms with van der Waals surface area (Å²) in [7, 11) is 1.34. The highest BCUT2D eigenvalue weighted by Gasteiger charge is 2.35. The van der Waals surface area contributed by atoms with E-state index in [0.717, 1.165) is 6.42 Å². The van der Waals surface area contributed by atoms with Crippen molar-refractivity contribution in [2.45, 2.75) is 32.7 Å². The van der Waals surface area contributed by atoms with Crippen LogP contribution in [0.25, 0.3) is 0 Å². The first-order valence-electron chi connectivity index (χ1n) is 7.90. The standard InChI is InChI=1S/C17H23NO5/c1-4-22-13-9-12(10-14(11-13)23-5-2)16(19)18-8-6-7-15(18)17(20)21-3/h9-11,15H,4-8H2,1-3H3. The van der Waals surface area contributed by atoms with Gasteiger partial charge < -0.3 is 19.1 Å². The highest BCUT2D eigenvalue weighted by molar-refractivity contribution is 5.97. The zero-order valence-electron chi connectivity index (χ0n) is 13.8. The minimum Gasteiger partial charge on any atom is -0.494 e. The Hall–Kier alpha value is -2.24. The van der Waals surface area contributed by atoms with Crippen molar-refractivity contribution >= 4 is 11.9 Å². The van der Waals surface area contributed by atoms with E-state index >= 15 is 0 Å². The smallest absolute Gasteiger partial charge is 0.328 e. The van der Waals surface area contributed by atoms with Crippen molar-refractivity contribution in [3.05, 3.63) is 23.8 Å². The minimum atomic E-state index is -0.515. The zero-order valence-corrected chi connectivity index (χ0v) is 13.8. The van der Waals surface area contributed by atoms with Crippen LogP contribution in [-0.2, 0) is 9.53 Å². The third-order valence-electron chi connectivity index (χ3n) is 3.74. The first-order valence-corrected chi connectivity index (χ1v) is 7.90. The van der Waals surface area contributed by atoms with Gasteiger partial charge in [0.1, 0.15) is 17.5 Å². The van der Waals surface area contributed by atoms with Gasteiger partial charge in [-0.2, -0.15) is 0 Å². The van der Waals surface area contributed by atoms with Crippen LogP contribution in [0, 0.1) is 0 Å². The van der Waals surface area contributed by atoms with Gasteiger partial charge in [0.15, 0.2) is 0 Å². The topological polar surface area (TPSA) is 65.1 Å². The second-order valence-corrected chi connectivity index (χ2v) is 5.24. The molecule has 1 aliphatic heterocycles. The summed E-state index contributed by atoms with van der Waals surface area (Å²) in [5, 5.41) is 0. The third-order valence-corrected chi connectivity index (χ3v) is 3.74. The predicted octanol–water partition coefficient (Wildman–Crippen LogP) is 2.26. The highest BCUT2D eigenvalue weighted by atomic mass is 16.5. The molecule has 1 aromatic rings. The van der Waals surface area contributed by atoms with Crippen LogP contribution in [0.15, 0.2) is 18.2 Å². The van der Waals surface area contributed by atoms with E-state index in [2.05, 4.69) is 0 Å². The molecule has 1 heterocycles. The van der Waals surface area contributed by atoms with Gasteiger partial charge in [-0.15, -0.1) is 0 Å². The zero-order chi connectivity index (χ0) is 16.8. The van der Waals surface area contributed by atoms with Crippen molar-refractivity contribution < 1.29 is 23.8 Å². The van der Waals surface area contributed by atoms with Crippen molar-refractivity contribution in [2.24, 2.45) is 0 Å². The molecule has 1 saturated heterocycles. The fraction of sp³-hybridized carbons (Fsp3) is 0.529. The van der Waals surface area contributed by atoms with Gasteiger partial charge in [-0.3, -0.25) is 4.79 Å². The fourth-order valence-electron chi connectivity index (χ4n) is 2.75. The van der Waals surface area contributed by atoms with Crippen LogP contribution in [0.1, 0.15) is 37.0 Å². The molecule has 0 radical (unpaired) electrons. The Kier molecular flexibility index (Phi) is 5.84. The normalized spacial score (nSPS) is 17.0. The summed E-state index contributed by atoms with van der Waals surface area (Å²) in [6.45, 7) is 5.29. The second-order valence-electron chi connectivity index (χ2n) is 5.24. The lowest BCUT2D eigenvalue weighted by Gasteiger charge is -2.23. The molecule has 1 aliphatic rings. The lowest BCUT2D eigenvalue weighted by molar-refractivity contribution is -0.145. The predicted molar refractivity (Wildman–Crippen MR) is 84.9 cm³/mol. The molecule has 0 bridgehead atoms. The largest absolute Gasteiger partial charge is 0.494 e.